The molecule has 2 rings (SSSR count). The topological polar surface area (TPSA) is 38.0 Å². The second-order valence-corrected chi connectivity index (χ2v) is 5.92. The summed E-state index contributed by atoms with van der Waals surface area (Å²) in [7, 11) is 0. The summed E-state index contributed by atoms with van der Waals surface area (Å²) < 4.78 is 2.18. The minimum Gasteiger partial charge on any atom is -0.391 e. The Hall–Kier alpha value is -0.830. The molecule has 0 radical (unpaired) electrons. The molecule has 1 N–H and O–H groups in total. The first kappa shape index (κ1) is 14.6. The Kier molecular flexibility index (Phi) is 5.90. The van der Waals surface area contributed by atoms with Crippen molar-refractivity contribution in [2.24, 2.45) is 0 Å². The van der Waals surface area contributed by atoms with Crippen LogP contribution < -0.4 is 0 Å². The van der Waals surface area contributed by atoms with Gasteiger partial charge in [0.2, 0.25) is 0 Å². The van der Waals surface area contributed by atoms with E-state index in [4.69, 9.17) is 0 Å². The normalized spacial score (nSPS) is 27.5. The Balaban J connectivity index is 2.01. The van der Waals surface area contributed by atoms with Crippen LogP contribution in [-0.4, -0.2) is 20.8 Å². The second kappa shape index (κ2) is 7.68. The molecule has 3 heteroatoms. The molecular weight excluding hydrogens is 236 g/mol. The third-order valence-corrected chi connectivity index (χ3v) is 4.41. The van der Waals surface area contributed by atoms with E-state index in [1.807, 2.05) is 19.3 Å². The minimum absolute atomic E-state index is 0.215. The van der Waals surface area contributed by atoms with E-state index in [1.54, 1.807) is 0 Å². The molecule has 0 bridgehead atoms. The SMILES string of the molecule is Cc1nccn1C1CCCCCCCCCCC1O. The van der Waals surface area contributed by atoms with Crippen LogP contribution in [0.2, 0.25) is 0 Å². The zero-order chi connectivity index (χ0) is 13.5. The number of nitrogens with zero attached hydrogens (tertiary/aromatic N) is 2. The van der Waals surface area contributed by atoms with Gasteiger partial charge in [-0.25, -0.2) is 4.98 Å². The molecule has 3 nitrogen and oxygen atoms in total. The van der Waals surface area contributed by atoms with Crippen LogP contribution in [0.1, 0.15) is 76.1 Å². The van der Waals surface area contributed by atoms with E-state index < -0.39 is 0 Å². The Bertz CT molecular complexity index is 361. The average molecular weight is 264 g/mol. The number of rotatable bonds is 1. The lowest BCUT2D eigenvalue weighted by Crippen LogP contribution is -2.25. The van der Waals surface area contributed by atoms with Crippen LogP contribution in [0.3, 0.4) is 0 Å². The third-order valence-electron chi connectivity index (χ3n) is 4.41. The summed E-state index contributed by atoms with van der Waals surface area (Å²) in [5, 5.41) is 10.5. The van der Waals surface area contributed by atoms with Gasteiger partial charge in [0.05, 0.1) is 12.1 Å². The van der Waals surface area contributed by atoms with E-state index in [-0.39, 0.29) is 12.1 Å². The van der Waals surface area contributed by atoms with Crippen molar-refractivity contribution < 1.29 is 5.11 Å². The Morgan fingerprint density at radius 2 is 1.58 bits per heavy atom. The van der Waals surface area contributed by atoms with Crippen LogP contribution in [-0.2, 0) is 0 Å². The highest BCUT2D eigenvalue weighted by Gasteiger charge is 2.21. The molecule has 1 aliphatic rings. The minimum atomic E-state index is -0.215. The summed E-state index contributed by atoms with van der Waals surface area (Å²) in [5.41, 5.74) is 0. The van der Waals surface area contributed by atoms with Crippen molar-refractivity contribution in [1.82, 2.24) is 9.55 Å². The number of aliphatic hydroxyl groups excluding tert-OH is 1. The van der Waals surface area contributed by atoms with Crippen LogP contribution >= 0.6 is 0 Å². The molecule has 0 spiro atoms. The summed E-state index contributed by atoms with van der Waals surface area (Å²) in [5.74, 6) is 1.02. The molecule has 0 saturated heterocycles. The van der Waals surface area contributed by atoms with E-state index in [0.29, 0.717) is 0 Å². The van der Waals surface area contributed by atoms with Crippen LogP contribution in [0.5, 0.6) is 0 Å². The molecule has 1 heterocycles. The molecule has 108 valence electrons. The third kappa shape index (κ3) is 4.34. The van der Waals surface area contributed by atoms with Crippen molar-refractivity contribution in [3.05, 3.63) is 18.2 Å². The number of aromatic nitrogens is 2. The van der Waals surface area contributed by atoms with Crippen LogP contribution in [0.15, 0.2) is 12.4 Å². The van der Waals surface area contributed by atoms with Gasteiger partial charge in [-0.2, -0.15) is 0 Å². The van der Waals surface area contributed by atoms with Gasteiger partial charge in [-0.1, -0.05) is 51.4 Å². The number of hydrogen-bond acceptors (Lipinski definition) is 2. The van der Waals surface area contributed by atoms with Crippen molar-refractivity contribution in [3.63, 3.8) is 0 Å². The predicted molar refractivity (Wildman–Crippen MR) is 78.2 cm³/mol. The van der Waals surface area contributed by atoms with E-state index in [1.165, 1.54) is 44.9 Å². The molecule has 0 aliphatic heterocycles. The zero-order valence-corrected chi connectivity index (χ0v) is 12.2. The number of imidazole rings is 1. The molecule has 1 saturated carbocycles. The van der Waals surface area contributed by atoms with Crippen molar-refractivity contribution in [1.29, 1.82) is 0 Å². The quantitative estimate of drug-likeness (QED) is 0.832. The van der Waals surface area contributed by atoms with Gasteiger partial charge in [0, 0.05) is 12.4 Å². The fourth-order valence-electron chi connectivity index (χ4n) is 3.21. The van der Waals surface area contributed by atoms with Gasteiger partial charge in [-0.05, 0) is 19.8 Å². The molecule has 2 unspecified atom stereocenters. The lowest BCUT2D eigenvalue weighted by molar-refractivity contribution is 0.0927. The first-order valence-corrected chi connectivity index (χ1v) is 7.96. The van der Waals surface area contributed by atoms with Gasteiger partial charge in [-0.15, -0.1) is 0 Å². The molecule has 0 aromatic carbocycles. The molecular formula is C16H28N2O. The molecule has 1 aliphatic carbocycles. The molecule has 2 atom stereocenters. The van der Waals surface area contributed by atoms with Crippen molar-refractivity contribution in [3.8, 4) is 0 Å². The fourth-order valence-corrected chi connectivity index (χ4v) is 3.21. The summed E-state index contributed by atoms with van der Waals surface area (Å²) in [6.07, 6.45) is 16.1. The van der Waals surface area contributed by atoms with Crippen LogP contribution in [0, 0.1) is 6.92 Å². The smallest absolute Gasteiger partial charge is 0.105 e. The molecule has 1 fully saturated rings. The summed E-state index contributed by atoms with van der Waals surface area (Å²) in [6.45, 7) is 2.03. The lowest BCUT2D eigenvalue weighted by atomic mass is 9.95. The highest BCUT2D eigenvalue weighted by atomic mass is 16.3. The molecule has 1 aromatic rings. The summed E-state index contributed by atoms with van der Waals surface area (Å²) in [6, 6.07) is 0.224. The standard InChI is InChI=1S/C16H28N2O/c1-14-17-12-13-18(14)15-10-8-6-4-2-3-5-7-9-11-16(15)19/h12-13,15-16,19H,2-11H2,1H3. The fraction of sp³-hybridized carbons (Fsp3) is 0.812. The van der Waals surface area contributed by atoms with E-state index in [9.17, 15) is 5.11 Å². The molecule has 19 heavy (non-hydrogen) atoms. The predicted octanol–water partition coefficient (Wildman–Crippen LogP) is 4.01. The van der Waals surface area contributed by atoms with E-state index >= 15 is 0 Å². The Morgan fingerprint density at radius 3 is 2.16 bits per heavy atom. The summed E-state index contributed by atoms with van der Waals surface area (Å²) >= 11 is 0. The Morgan fingerprint density at radius 1 is 1.00 bits per heavy atom. The largest absolute Gasteiger partial charge is 0.391 e. The first-order chi connectivity index (χ1) is 9.29. The van der Waals surface area contributed by atoms with Gasteiger partial charge >= 0.3 is 0 Å². The van der Waals surface area contributed by atoms with Gasteiger partial charge in [0.1, 0.15) is 5.82 Å². The maximum Gasteiger partial charge on any atom is 0.105 e. The van der Waals surface area contributed by atoms with Gasteiger partial charge in [0.25, 0.3) is 0 Å². The van der Waals surface area contributed by atoms with Gasteiger partial charge in [-0.3, -0.25) is 0 Å². The maximum atomic E-state index is 10.5. The van der Waals surface area contributed by atoms with Gasteiger partial charge in [0.15, 0.2) is 0 Å². The monoisotopic (exact) mass is 264 g/mol. The average Bonchev–Trinajstić information content (AvgIpc) is 2.80. The number of aliphatic hydroxyl groups is 1. The van der Waals surface area contributed by atoms with Crippen molar-refractivity contribution in [2.45, 2.75) is 83.3 Å². The summed E-state index contributed by atoms with van der Waals surface area (Å²) in [4.78, 5) is 4.31. The van der Waals surface area contributed by atoms with Crippen molar-refractivity contribution >= 4 is 0 Å². The Labute approximate surface area is 117 Å². The maximum absolute atomic E-state index is 10.5. The van der Waals surface area contributed by atoms with Crippen molar-refractivity contribution in [2.75, 3.05) is 0 Å². The zero-order valence-electron chi connectivity index (χ0n) is 12.2. The number of aryl methyl sites for hydroxylation is 1. The van der Waals surface area contributed by atoms with Crippen LogP contribution in [0.25, 0.3) is 0 Å². The highest BCUT2D eigenvalue weighted by molar-refractivity contribution is 4.94. The molecule has 1 aromatic heterocycles. The van der Waals surface area contributed by atoms with E-state index in [0.717, 1.165) is 25.1 Å². The highest BCUT2D eigenvalue weighted by Crippen LogP contribution is 2.26. The van der Waals surface area contributed by atoms with Crippen LogP contribution in [0.4, 0.5) is 0 Å². The second-order valence-electron chi connectivity index (χ2n) is 5.92. The lowest BCUT2D eigenvalue weighted by Gasteiger charge is -2.26. The van der Waals surface area contributed by atoms with Gasteiger partial charge < -0.3 is 9.67 Å². The number of hydrogen-bond donors (Lipinski definition) is 1. The first-order valence-electron chi connectivity index (χ1n) is 7.96. The van der Waals surface area contributed by atoms with E-state index in [2.05, 4.69) is 9.55 Å². The molecule has 0 amide bonds.